The van der Waals surface area contributed by atoms with Crippen molar-refractivity contribution in [3.05, 3.63) is 52.8 Å². The SMILES string of the molecule is CCNC(=NCc1ccccc1COC)N(C)Cc1cn(C)nc1C(C)C.I. The van der Waals surface area contributed by atoms with E-state index in [1.54, 1.807) is 7.11 Å². The monoisotopic (exact) mass is 499 g/mol. The van der Waals surface area contributed by atoms with Gasteiger partial charge in [0.25, 0.3) is 0 Å². The highest BCUT2D eigenvalue weighted by Crippen LogP contribution is 2.19. The van der Waals surface area contributed by atoms with Crippen molar-refractivity contribution in [3.8, 4) is 0 Å². The van der Waals surface area contributed by atoms with Crippen LogP contribution in [0.1, 0.15) is 49.1 Å². The molecule has 7 heteroatoms. The van der Waals surface area contributed by atoms with E-state index in [0.717, 1.165) is 24.7 Å². The minimum Gasteiger partial charge on any atom is -0.380 e. The summed E-state index contributed by atoms with van der Waals surface area (Å²) in [6.07, 6.45) is 2.10. The zero-order valence-corrected chi connectivity index (χ0v) is 20.2. The molecule has 2 aromatic rings. The minimum absolute atomic E-state index is 0. The third-order valence-electron chi connectivity index (χ3n) is 4.41. The van der Waals surface area contributed by atoms with Gasteiger partial charge in [0.2, 0.25) is 0 Å². The Morgan fingerprint density at radius 3 is 2.54 bits per heavy atom. The summed E-state index contributed by atoms with van der Waals surface area (Å²) in [5.41, 5.74) is 4.75. The van der Waals surface area contributed by atoms with Crippen molar-refractivity contribution in [3.63, 3.8) is 0 Å². The normalized spacial score (nSPS) is 11.5. The van der Waals surface area contributed by atoms with E-state index in [1.165, 1.54) is 16.7 Å². The molecule has 0 spiro atoms. The molecule has 1 aromatic carbocycles. The van der Waals surface area contributed by atoms with Crippen LogP contribution < -0.4 is 5.32 Å². The lowest BCUT2D eigenvalue weighted by Crippen LogP contribution is -2.38. The Balaban J connectivity index is 0.00000392. The first-order chi connectivity index (χ1) is 13.0. The summed E-state index contributed by atoms with van der Waals surface area (Å²) in [5, 5.41) is 8.01. The molecule has 0 amide bonds. The van der Waals surface area contributed by atoms with Gasteiger partial charge in [0.15, 0.2) is 5.96 Å². The fourth-order valence-electron chi connectivity index (χ4n) is 3.13. The van der Waals surface area contributed by atoms with E-state index in [2.05, 4.69) is 61.5 Å². The molecular weight excluding hydrogens is 465 g/mol. The van der Waals surface area contributed by atoms with Gasteiger partial charge in [0, 0.05) is 46.1 Å². The van der Waals surface area contributed by atoms with Crippen LogP contribution in [0.15, 0.2) is 35.5 Å². The van der Waals surface area contributed by atoms with Crippen molar-refractivity contribution >= 4 is 29.9 Å². The van der Waals surface area contributed by atoms with Gasteiger partial charge in [-0.05, 0) is 24.0 Å². The zero-order valence-electron chi connectivity index (χ0n) is 17.9. The molecule has 6 nitrogen and oxygen atoms in total. The molecule has 0 unspecified atom stereocenters. The number of aromatic nitrogens is 2. The lowest BCUT2D eigenvalue weighted by Gasteiger charge is -2.22. The van der Waals surface area contributed by atoms with Crippen LogP contribution in [-0.4, -0.2) is 41.3 Å². The molecule has 0 saturated carbocycles. The second-order valence-corrected chi connectivity index (χ2v) is 7.10. The summed E-state index contributed by atoms with van der Waals surface area (Å²) in [5.74, 6) is 1.29. The van der Waals surface area contributed by atoms with Crippen LogP contribution in [-0.2, 0) is 31.5 Å². The topological polar surface area (TPSA) is 54.7 Å². The number of hydrogen-bond donors (Lipinski definition) is 1. The average molecular weight is 499 g/mol. The van der Waals surface area contributed by atoms with Gasteiger partial charge in [-0.25, -0.2) is 4.99 Å². The van der Waals surface area contributed by atoms with Crippen LogP contribution in [0.4, 0.5) is 0 Å². The Hall–Kier alpha value is -1.61. The fourth-order valence-corrected chi connectivity index (χ4v) is 3.13. The standard InChI is InChI=1S/C21H33N5O.HI/c1-7-22-21(23-12-17-10-8-9-11-18(17)15-27-6)25(4)13-19-14-26(5)24-20(19)16(2)3;/h8-11,14,16H,7,12-13,15H2,1-6H3,(H,22,23);1H. The Bertz CT molecular complexity index is 757. The number of rotatable bonds is 8. The van der Waals surface area contributed by atoms with Gasteiger partial charge in [-0.3, -0.25) is 4.68 Å². The van der Waals surface area contributed by atoms with Gasteiger partial charge in [-0.1, -0.05) is 38.1 Å². The van der Waals surface area contributed by atoms with Crippen LogP contribution in [0.5, 0.6) is 0 Å². The molecule has 28 heavy (non-hydrogen) atoms. The summed E-state index contributed by atoms with van der Waals surface area (Å²) >= 11 is 0. The highest BCUT2D eigenvalue weighted by molar-refractivity contribution is 14.0. The van der Waals surface area contributed by atoms with Crippen LogP contribution in [0.2, 0.25) is 0 Å². The average Bonchev–Trinajstić information content (AvgIpc) is 3.00. The highest BCUT2D eigenvalue weighted by atomic mass is 127. The lowest BCUT2D eigenvalue weighted by molar-refractivity contribution is 0.184. The van der Waals surface area contributed by atoms with E-state index >= 15 is 0 Å². The molecule has 1 N–H and O–H groups in total. The maximum atomic E-state index is 5.30. The number of guanidine groups is 1. The van der Waals surface area contributed by atoms with Crippen LogP contribution >= 0.6 is 24.0 Å². The van der Waals surface area contributed by atoms with Crippen molar-refractivity contribution in [2.75, 3.05) is 20.7 Å². The van der Waals surface area contributed by atoms with Crippen LogP contribution in [0.3, 0.4) is 0 Å². The zero-order chi connectivity index (χ0) is 19.8. The Morgan fingerprint density at radius 2 is 1.93 bits per heavy atom. The largest absolute Gasteiger partial charge is 0.380 e. The van der Waals surface area contributed by atoms with Gasteiger partial charge in [-0.2, -0.15) is 5.10 Å². The molecule has 0 saturated heterocycles. The molecule has 0 radical (unpaired) electrons. The minimum atomic E-state index is 0. The molecule has 0 fully saturated rings. The number of ether oxygens (including phenoxy) is 1. The number of aryl methyl sites for hydroxylation is 1. The molecule has 0 aliphatic carbocycles. The molecule has 0 atom stereocenters. The molecule has 0 aliphatic heterocycles. The van der Waals surface area contributed by atoms with Gasteiger partial charge < -0.3 is 15.0 Å². The molecule has 1 heterocycles. The first kappa shape index (κ1) is 24.4. The molecule has 0 bridgehead atoms. The first-order valence-corrected chi connectivity index (χ1v) is 9.53. The van der Waals surface area contributed by atoms with Crippen molar-refractivity contribution in [2.24, 2.45) is 12.0 Å². The second kappa shape index (κ2) is 12.1. The number of aliphatic imine (C=N–C) groups is 1. The first-order valence-electron chi connectivity index (χ1n) is 9.53. The molecule has 2 rings (SSSR count). The number of benzene rings is 1. The van der Waals surface area contributed by atoms with Gasteiger partial charge >= 0.3 is 0 Å². The summed E-state index contributed by atoms with van der Waals surface area (Å²) in [4.78, 5) is 7.01. The van der Waals surface area contributed by atoms with E-state index in [-0.39, 0.29) is 24.0 Å². The van der Waals surface area contributed by atoms with Gasteiger partial charge in [0.05, 0.1) is 18.8 Å². The summed E-state index contributed by atoms with van der Waals surface area (Å²) in [7, 11) is 5.76. The third-order valence-corrected chi connectivity index (χ3v) is 4.41. The van der Waals surface area contributed by atoms with E-state index in [4.69, 9.17) is 9.73 Å². The number of methoxy groups -OCH3 is 1. The number of nitrogens with one attached hydrogen (secondary N) is 1. The quantitative estimate of drug-likeness (QED) is 0.340. The van der Waals surface area contributed by atoms with E-state index in [0.29, 0.717) is 19.1 Å². The Kier molecular flexibility index (Phi) is 10.5. The maximum Gasteiger partial charge on any atom is 0.194 e. The highest BCUT2D eigenvalue weighted by Gasteiger charge is 2.15. The third kappa shape index (κ3) is 6.77. The van der Waals surface area contributed by atoms with Crippen molar-refractivity contribution in [1.29, 1.82) is 0 Å². The Morgan fingerprint density at radius 1 is 1.25 bits per heavy atom. The van der Waals surface area contributed by atoms with Gasteiger partial charge in [0.1, 0.15) is 0 Å². The van der Waals surface area contributed by atoms with Crippen LogP contribution in [0, 0.1) is 0 Å². The summed E-state index contributed by atoms with van der Waals surface area (Å²) < 4.78 is 7.20. The number of hydrogen-bond acceptors (Lipinski definition) is 3. The molecule has 1 aromatic heterocycles. The van der Waals surface area contributed by atoms with Crippen molar-refractivity contribution in [1.82, 2.24) is 20.0 Å². The van der Waals surface area contributed by atoms with Crippen LogP contribution in [0.25, 0.3) is 0 Å². The second-order valence-electron chi connectivity index (χ2n) is 7.10. The van der Waals surface area contributed by atoms with Gasteiger partial charge in [-0.15, -0.1) is 24.0 Å². The lowest BCUT2D eigenvalue weighted by atomic mass is 10.1. The number of nitrogens with zero attached hydrogens (tertiary/aromatic N) is 4. The molecular formula is C21H34IN5O. The van der Waals surface area contributed by atoms with Crippen molar-refractivity contribution in [2.45, 2.75) is 46.4 Å². The predicted molar refractivity (Wildman–Crippen MR) is 126 cm³/mol. The van der Waals surface area contributed by atoms with E-state index in [9.17, 15) is 0 Å². The molecule has 156 valence electrons. The summed E-state index contributed by atoms with van der Waals surface area (Å²) in [6.45, 7) is 9.27. The smallest absolute Gasteiger partial charge is 0.194 e. The predicted octanol–water partition coefficient (Wildman–Crippen LogP) is 3.91. The van der Waals surface area contributed by atoms with E-state index in [1.807, 2.05) is 23.9 Å². The fraction of sp³-hybridized carbons (Fsp3) is 0.524. The molecule has 0 aliphatic rings. The maximum absolute atomic E-state index is 5.30. The Labute approximate surface area is 186 Å². The van der Waals surface area contributed by atoms with E-state index < -0.39 is 0 Å². The number of halogens is 1. The van der Waals surface area contributed by atoms with Crippen molar-refractivity contribution < 1.29 is 4.74 Å². The summed E-state index contributed by atoms with van der Waals surface area (Å²) in [6, 6.07) is 8.29.